The lowest BCUT2D eigenvalue weighted by Gasteiger charge is -2.23. The van der Waals surface area contributed by atoms with E-state index in [9.17, 15) is 4.79 Å². The molecular weight excluding hydrogens is 256 g/mol. The van der Waals surface area contributed by atoms with E-state index >= 15 is 0 Å². The number of rotatable bonds is 4. The van der Waals surface area contributed by atoms with Crippen molar-refractivity contribution in [1.82, 2.24) is 20.2 Å². The Bertz CT molecular complexity index is 562. The molecule has 1 aliphatic heterocycles. The lowest BCUT2D eigenvalue weighted by molar-refractivity contribution is 0.236. The molecule has 1 aliphatic rings. The van der Waals surface area contributed by atoms with Gasteiger partial charge in [-0.25, -0.2) is 9.78 Å². The fourth-order valence-corrected chi connectivity index (χ4v) is 2.48. The first kappa shape index (κ1) is 12.8. The summed E-state index contributed by atoms with van der Waals surface area (Å²) in [7, 11) is 0. The maximum Gasteiger partial charge on any atom is 0.315 e. The van der Waals surface area contributed by atoms with Gasteiger partial charge in [0.05, 0.1) is 12.5 Å². The number of furan rings is 1. The molecule has 0 saturated heterocycles. The number of hydrogen-bond acceptors (Lipinski definition) is 3. The van der Waals surface area contributed by atoms with Crippen molar-refractivity contribution in [2.24, 2.45) is 5.92 Å². The van der Waals surface area contributed by atoms with Crippen LogP contribution in [0.5, 0.6) is 0 Å². The number of nitrogens with zero attached hydrogens (tertiary/aromatic N) is 2. The van der Waals surface area contributed by atoms with Gasteiger partial charge in [-0.1, -0.05) is 0 Å². The predicted molar refractivity (Wildman–Crippen MR) is 73.0 cm³/mol. The molecule has 0 aliphatic carbocycles. The van der Waals surface area contributed by atoms with Gasteiger partial charge in [0.2, 0.25) is 0 Å². The molecule has 2 amide bonds. The predicted octanol–water partition coefficient (Wildman–Crippen LogP) is 1.54. The third-order valence-corrected chi connectivity index (χ3v) is 3.62. The summed E-state index contributed by atoms with van der Waals surface area (Å²) < 4.78 is 7.11. The Kier molecular flexibility index (Phi) is 3.71. The number of hydrogen-bond donors (Lipinski definition) is 2. The largest absolute Gasteiger partial charge is 0.472 e. The molecule has 0 radical (unpaired) electrons. The van der Waals surface area contributed by atoms with Crippen LogP contribution in [0, 0.1) is 5.92 Å². The van der Waals surface area contributed by atoms with E-state index in [1.165, 1.54) is 0 Å². The number of aromatic nitrogens is 2. The van der Waals surface area contributed by atoms with Crippen LogP contribution in [-0.2, 0) is 19.5 Å². The number of amides is 2. The van der Waals surface area contributed by atoms with Gasteiger partial charge in [-0.3, -0.25) is 0 Å². The lowest BCUT2D eigenvalue weighted by Crippen LogP contribution is -2.39. The monoisotopic (exact) mass is 274 g/mol. The summed E-state index contributed by atoms with van der Waals surface area (Å²) in [5, 5.41) is 5.73. The highest BCUT2D eigenvalue weighted by Gasteiger charge is 2.19. The first-order chi connectivity index (χ1) is 9.81. The molecule has 1 atom stereocenters. The molecule has 6 heteroatoms. The van der Waals surface area contributed by atoms with Gasteiger partial charge in [0.15, 0.2) is 0 Å². The average Bonchev–Trinajstić information content (AvgIpc) is 3.13. The number of aryl methyl sites for hydroxylation is 1. The summed E-state index contributed by atoms with van der Waals surface area (Å²) in [6.45, 7) is 2.10. The molecule has 3 heterocycles. The number of imidazole rings is 1. The van der Waals surface area contributed by atoms with Crippen molar-refractivity contribution in [3.63, 3.8) is 0 Å². The van der Waals surface area contributed by atoms with Gasteiger partial charge >= 0.3 is 6.03 Å². The van der Waals surface area contributed by atoms with Crippen LogP contribution in [0.2, 0.25) is 0 Å². The lowest BCUT2D eigenvalue weighted by atomic mass is 9.99. The van der Waals surface area contributed by atoms with Gasteiger partial charge in [-0.15, -0.1) is 0 Å². The minimum absolute atomic E-state index is 0.136. The Balaban J connectivity index is 1.40. The second-order valence-corrected chi connectivity index (χ2v) is 5.10. The summed E-state index contributed by atoms with van der Waals surface area (Å²) in [5.41, 5.74) is 0.959. The summed E-state index contributed by atoms with van der Waals surface area (Å²) in [6, 6.07) is 1.70. The van der Waals surface area contributed by atoms with E-state index in [-0.39, 0.29) is 6.03 Å². The van der Waals surface area contributed by atoms with E-state index < -0.39 is 0 Å². The molecule has 6 nitrogen and oxygen atoms in total. The fraction of sp³-hybridized carbons (Fsp3) is 0.429. The molecule has 0 saturated carbocycles. The molecule has 2 aromatic heterocycles. The Morgan fingerprint density at radius 1 is 1.50 bits per heavy atom. The minimum Gasteiger partial charge on any atom is -0.472 e. The highest BCUT2D eigenvalue weighted by Crippen LogP contribution is 2.17. The van der Waals surface area contributed by atoms with Crippen LogP contribution in [0.4, 0.5) is 4.79 Å². The van der Waals surface area contributed by atoms with Crippen molar-refractivity contribution in [3.05, 3.63) is 42.4 Å². The van der Waals surface area contributed by atoms with Crippen molar-refractivity contribution >= 4 is 6.03 Å². The van der Waals surface area contributed by atoms with Crippen LogP contribution in [0.15, 0.2) is 35.4 Å². The highest BCUT2D eigenvalue weighted by atomic mass is 16.3. The van der Waals surface area contributed by atoms with Crippen molar-refractivity contribution < 1.29 is 9.21 Å². The first-order valence-electron chi connectivity index (χ1n) is 6.84. The maximum atomic E-state index is 11.7. The van der Waals surface area contributed by atoms with E-state index in [0.29, 0.717) is 19.0 Å². The van der Waals surface area contributed by atoms with Crippen molar-refractivity contribution in [3.8, 4) is 0 Å². The molecule has 0 spiro atoms. The van der Waals surface area contributed by atoms with E-state index in [0.717, 1.165) is 30.8 Å². The van der Waals surface area contributed by atoms with Crippen molar-refractivity contribution in [1.29, 1.82) is 0 Å². The molecule has 20 heavy (non-hydrogen) atoms. The van der Waals surface area contributed by atoms with E-state index in [1.807, 2.05) is 18.5 Å². The van der Waals surface area contributed by atoms with Crippen LogP contribution < -0.4 is 10.6 Å². The second kappa shape index (κ2) is 5.81. The molecule has 3 rings (SSSR count). The third-order valence-electron chi connectivity index (χ3n) is 3.62. The first-order valence-corrected chi connectivity index (χ1v) is 6.84. The molecule has 1 unspecified atom stereocenters. The molecule has 2 aromatic rings. The zero-order chi connectivity index (χ0) is 13.8. The van der Waals surface area contributed by atoms with E-state index in [1.54, 1.807) is 12.5 Å². The van der Waals surface area contributed by atoms with E-state index in [2.05, 4.69) is 20.2 Å². The van der Waals surface area contributed by atoms with Gasteiger partial charge in [0, 0.05) is 44.0 Å². The van der Waals surface area contributed by atoms with Crippen molar-refractivity contribution in [2.45, 2.75) is 25.9 Å². The topological polar surface area (TPSA) is 72.1 Å². The number of fused-ring (bicyclic) bond motifs is 1. The van der Waals surface area contributed by atoms with Crippen molar-refractivity contribution in [2.75, 3.05) is 6.54 Å². The average molecular weight is 274 g/mol. The summed E-state index contributed by atoms with van der Waals surface area (Å²) >= 11 is 0. The summed E-state index contributed by atoms with van der Waals surface area (Å²) in [6.07, 6.45) is 9.11. The SMILES string of the molecule is O=C(NCc1ccoc1)NCC1CCc2nccn2C1. The second-order valence-electron chi connectivity index (χ2n) is 5.10. The molecule has 106 valence electrons. The molecule has 0 fully saturated rings. The fourth-order valence-electron chi connectivity index (χ4n) is 2.48. The molecule has 0 aromatic carbocycles. The minimum atomic E-state index is -0.136. The van der Waals surface area contributed by atoms with Crippen LogP contribution in [-0.4, -0.2) is 22.1 Å². The zero-order valence-electron chi connectivity index (χ0n) is 11.2. The molecular formula is C14H18N4O2. The van der Waals surface area contributed by atoms with Crippen LogP contribution in [0.3, 0.4) is 0 Å². The maximum absolute atomic E-state index is 11.7. The number of urea groups is 1. The van der Waals surface area contributed by atoms with Gasteiger partial charge < -0.3 is 19.6 Å². The van der Waals surface area contributed by atoms with Gasteiger partial charge in [0.25, 0.3) is 0 Å². The third kappa shape index (κ3) is 3.01. The standard InChI is InChI=1S/C14H18N4O2/c19-14(17-8-12-3-6-20-10-12)16-7-11-1-2-13-15-4-5-18(13)9-11/h3-6,10-11H,1-2,7-9H2,(H2,16,17,19). The number of carbonyl (C=O) groups excluding carboxylic acids is 1. The van der Waals surface area contributed by atoms with Crippen LogP contribution in [0.1, 0.15) is 17.8 Å². The smallest absolute Gasteiger partial charge is 0.315 e. The van der Waals surface area contributed by atoms with E-state index in [4.69, 9.17) is 4.42 Å². The Labute approximate surface area is 117 Å². The number of nitrogens with one attached hydrogen (secondary N) is 2. The Morgan fingerprint density at radius 3 is 3.30 bits per heavy atom. The van der Waals surface area contributed by atoms with Gasteiger partial charge in [-0.2, -0.15) is 0 Å². The zero-order valence-corrected chi connectivity index (χ0v) is 11.2. The Hall–Kier alpha value is -2.24. The van der Waals surface area contributed by atoms with Gasteiger partial charge in [0.1, 0.15) is 5.82 Å². The molecule has 0 bridgehead atoms. The highest BCUT2D eigenvalue weighted by molar-refractivity contribution is 5.73. The quantitative estimate of drug-likeness (QED) is 0.888. The van der Waals surface area contributed by atoms with Crippen LogP contribution in [0.25, 0.3) is 0 Å². The number of carbonyl (C=O) groups is 1. The van der Waals surface area contributed by atoms with Crippen LogP contribution >= 0.6 is 0 Å². The molecule has 2 N–H and O–H groups in total. The Morgan fingerprint density at radius 2 is 2.45 bits per heavy atom. The summed E-state index contributed by atoms with van der Waals surface area (Å²) in [5.74, 6) is 1.61. The normalized spacial score (nSPS) is 17.5. The van der Waals surface area contributed by atoms with Gasteiger partial charge in [-0.05, 0) is 18.4 Å². The summed E-state index contributed by atoms with van der Waals surface area (Å²) in [4.78, 5) is 16.0.